The number of rotatable bonds is 7. The normalized spacial score (nSPS) is 11.0. The molecule has 0 radical (unpaired) electrons. The highest BCUT2D eigenvalue weighted by molar-refractivity contribution is 7.89. The molecule has 0 aliphatic rings. The first kappa shape index (κ1) is 20.1. The predicted octanol–water partition coefficient (Wildman–Crippen LogP) is 2.59. The summed E-state index contributed by atoms with van der Waals surface area (Å²) in [7, 11) is -4.25. The van der Waals surface area contributed by atoms with E-state index in [1.165, 1.54) is 6.08 Å². The predicted molar refractivity (Wildman–Crippen MR) is 92.8 cm³/mol. The maximum absolute atomic E-state index is 13.9. The van der Waals surface area contributed by atoms with Crippen LogP contribution in [0.25, 0.3) is 0 Å². The minimum absolute atomic E-state index is 0.156. The van der Waals surface area contributed by atoms with Crippen LogP contribution in [0.5, 0.6) is 0 Å². The molecule has 11 heteroatoms. The van der Waals surface area contributed by atoms with Gasteiger partial charge in [0.05, 0.1) is 10.6 Å². The molecule has 0 aromatic heterocycles. The Morgan fingerprint density at radius 1 is 1.19 bits per heavy atom. The lowest BCUT2D eigenvalue weighted by atomic mass is 10.2. The zero-order valence-electron chi connectivity index (χ0n) is 13.6. The molecule has 0 aliphatic carbocycles. The van der Waals surface area contributed by atoms with Gasteiger partial charge in [-0.25, -0.2) is 21.9 Å². The van der Waals surface area contributed by atoms with Crippen molar-refractivity contribution in [1.82, 2.24) is 4.72 Å². The van der Waals surface area contributed by atoms with Crippen LogP contribution in [0.15, 0.2) is 53.9 Å². The highest BCUT2D eigenvalue weighted by Crippen LogP contribution is 2.23. The Labute approximate surface area is 152 Å². The lowest BCUT2D eigenvalue weighted by Crippen LogP contribution is -2.25. The van der Waals surface area contributed by atoms with Gasteiger partial charge in [-0.05, 0) is 24.3 Å². The van der Waals surface area contributed by atoms with E-state index in [1.807, 2.05) is 0 Å². The molecule has 2 N–H and O–H groups in total. The SMILES string of the molecule is C=CCNS(=O)(=O)c1cc(C(=O)Nc2cc([N+](=O)[O-])ccc2F)ccc1F. The van der Waals surface area contributed by atoms with Crippen molar-refractivity contribution in [2.24, 2.45) is 0 Å². The van der Waals surface area contributed by atoms with Crippen LogP contribution in [-0.4, -0.2) is 25.8 Å². The van der Waals surface area contributed by atoms with Crippen molar-refractivity contribution in [3.8, 4) is 0 Å². The molecule has 0 heterocycles. The van der Waals surface area contributed by atoms with Gasteiger partial charge in [-0.1, -0.05) is 6.08 Å². The van der Waals surface area contributed by atoms with Gasteiger partial charge in [0.2, 0.25) is 10.0 Å². The minimum atomic E-state index is -4.25. The molecule has 0 saturated heterocycles. The average Bonchev–Trinajstić information content (AvgIpc) is 2.61. The summed E-state index contributed by atoms with van der Waals surface area (Å²) in [5, 5.41) is 12.8. The van der Waals surface area contributed by atoms with Crippen molar-refractivity contribution in [1.29, 1.82) is 0 Å². The van der Waals surface area contributed by atoms with E-state index in [2.05, 4.69) is 16.6 Å². The maximum Gasteiger partial charge on any atom is 0.271 e. The van der Waals surface area contributed by atoms with Crippen molar-refractivity contribution in [2.75, 3.05) is 11.9 Å². The summed E-state index contributed by atoms with van der Waals surface area (Å²) in [5.74, 6) is -3.00. The molecule has 2 aromatic carbocycles. The number of carbonyl (C=O) groups is 1. The van der Waals surface area contributed by atoms with E-state index in [4.69, 9.17) is 0 Å². The van der Waals surface area contributed by atoms with Crippen LogP contribution in [0, 0.1) is 21.7 Å². The second-order valence-corrected chi connectivity index (χ2v) is 6.90. The Balaban J connectivity index is 2.35. The van der Waals surface area contributed by atoms with Gasteiger partial charge in [0.15, 0.2) is 0 Å². The molecule has 0 spiro atoms. The number of amides is 1. The van der Waals surface area contributed by atoms with Gasteiger partial charge in [0.1, 0.15) is 16.5 Å². The van der Waals surface area contributed by atoms with E-state index < -0.39 is 48.8 Å². The number of nitro benzene ring substituents is 1. The standard InChI is InChI=1S/C16H13F2N3O5S/c1-2-7-19-27(25,26)15-8-10(3-5-13(15)18)16(22)20-14-9-11(21(23)24)4-6-12(14)17/h2-6,8-9,19H,1,7H2,(H,20,22). The Hall–Kier alpha value is -3.18. The number of nitrogens with one attached hydrogen (secondary N) is 2. The zero-order chi connectivity index (χ0) is 20.2. The molecule has 0 atom stereocenters. The van der Waals surface area contributed by atoms with Crippen LogP contribution in [0.2, 0.25) is 0 Å². The van der Waals surface area contributed by atoms with Gasteiger partial charge >= 0.3 is 0 Å². The van der Waals surface area contributed by atoms with Crippen LogP contribution in [0.3, 0.4) is 0 Å². The molecule has 27 heavy (non-hydrogen) atoms. The molecule has 0 saturated carbocycles. The number of benzene rings is 2. The number of nitrogens with zero attached hydrogens (tertiary/aromatic N) is 1. The molecule has 0 aliphatic heterocycles. The molecule has 0 fully saturated rings. The summed E-state index contributed by atoms with van der Waals surface area (Å²) in [6, 6.07) is 5.05. The molecule has 8 nitrogen and oxygen atoms in total. The smallest absolute Gasteiger partial charge is 0.271 e. The van der Waals surface area contributed by atoms with E-state index >= 15 is 0 Å². The van der Waals surface area contributed by atoms with Crippen LogP contribution in [0.1, 0.15) is 10.4 Å². The number of nitro groups is 1. The maximum atomic E-state index is 13.9. The highest BCUT2D eigenvalue weighted by Gasteiger charge is 2.21. The van der Waals surface area contributed by atoms with E-state index in [9.17, 15) is 32.1 Å². The number of halogens is 2. The van der Waals surface area contributed by atoms with E-state index in [1.54, 1.807) is 0 Å². The molecule has 0 bridgehead atoms. The minimum Gasteiger partial charge on any atom is -0.319 e. The van der Waals surface area contributed by atoms with E-state index in [0.29, 0.717) is 0 Å². The van der Waals surface area contributed by atoms with Crippen molar-refractivity contribution >= 4 is 27.3 Å². The third-order valence-electron chi connectivity index (χ3n) is 3.31. The first-order valence-corrected chi connectivity index (χ1v) is 8.79. The molecule has 2 rings (SSSR count). The zero-order valence-corrected chi connectivity index (χ0v) is 14.4. The van der Waals surface area contributed by atoms with Crippen molar-refractivity contribution in [3.63, 3.8) is 0 Å². The van der Waals surface area contributed by atoms with Gasteiger partial charge in [-0.2, -0.15) is 0 Å². The fraction of sp³-hybridized carbons (Fsp3) is 0.0625. The number of sulfonamides is 1. The first-order valence-electron chi connectivity index (χ1n) is 7.31. The van der Waals surface area contributed by atoms with Crippen LogP contribution in [-0.2, 0) is 10.0 Å². The fourth-order valence-corrected chi connectivity index (χ4v) is 3.11. The summed E-state index contributed by atoms with van der Waals surface area (Å²) in [6.07, 6.45) is 1.25. The number of anilines is 1. The van der Waals surface area contributed by atoms with Crippen molar-refractivity contribution < 1.29 is 26.9 Å². The molecular weight excluding hydrogens is 384 g/mol. The van der Waals surface area contributed by atoms with Crippen molar-refractivity contribution in [3.05, 3.63) is 76.4 Å². The largest absolute Gasteiger partial charge is 0.319 e. The first-order chi connectivity index (χ1) is 12.7. The van der Waals surface area contributed by atoms with Gasteiger partial charge in [0, 0.05) is 24.2 Å². The second-order valence-electron chi connectivity index (χ2n) is 5.16. The Morgan fingerprint density at radius 2 is 1.85 bits per heavy atom. The molecular formula is C16H13F2N3O5S. The number of non-ortho nitro benzene ring substituents is 1. The van der Waals surface area contributed by atoms with Gasteiger partial charge in [-0.3, -0.25) is 14.9 Å². The summed E-state index contributed by atoms with van der Waals surface area (Å²) in [6.45, 7) is 3.18. The average molecular weight is 397 g/mol. The monoisotopic (exact) mass is 397 g/mol. The quantitative estimate of drug-likeness (QED) is 0.423. The lowest BCUT2D eigenvalue weighted by molar-refractivity contribution is -0.384. The molecule has 142 valence electrons. The fourth-order valence-electron chi connectivity index (χ4n) is 2.01. The molecule has 1 amide bonds. The Bertz CT molecular complexity index is 1020. The van der Waals surface area contributed by atoms with Crippen LogP contribution < -0.4 is 10.0 Å². The summed E-state index contributed by atoms with van der Waals surface area (Å²) in [5.41, 5.74) is -1.23. The Kier molecular flexibility index (Phi) is 5.98. The van der Waals surface area contributed by atoms with Gasteiger partial charge < -0.3 is 5.32 Å². The number of hydrogen-bond donors (Lipinski definition) is 2. The summed E-state index contributed by atoms with van der Waals surface area (Å²) < 4.78 is 53.8. The van der Waals surface area contributed by atoms with E-state index in [0.717, 1.165) is 36.4 Å². The summed E-state index contributed by atoms with van der Waals surface area (Å²) >= 11 is 0. The van der Waals surface area contributed by atoms with Crippen LogP contribution >= 0.6 is 0 Å². The topological polar surface area (TPSA) is 118 Å². The third kappa shape index (κ3) is 4.71. The Morgan fingerprint density at radius 3 is 2.48 bits per heavy atom. The van der Waals surface area contributed by atoms with Crippen molar-refractivity contribution in [2.45, 2.75) is 4.90 Å². The third-order valence-corrected chi connectivity index (χ3v) is 4.75. The van der Waals surface area contributed by atoms with Gasteiger partial charge in [0.25, 0.3) is 11.6 Å². The molecule has 0 unspecified atom stereocenters. The number of hydrogen-bond acceptors (Lipinski definition) is 5. The second kappa shape index (κ2) is 8.01. The lowest BCUT2D eigenvalue weighted by Gasteiger charge is -2.10. The molecule has 2 aromatic rings. The van der Waals surface area contributed by atoms with E-state index in [-0.39, 0.29) is 12.1 Å². The van der Waals surface area contributed by atoms with Crippen LogP contribution in [0.4, 0.5) is 20.2 Å². The summed E-state index contributed by atoms with van der Waals surface area (Å²) in [4.78, 5) is 21.4. The highest BCUT2D eigenvalue weighted by atomic mass is 32.2. The van der Waals surface area contributed by atoms with Gasteiger partial charge in [-0.15, -0.1) is 6.58 Å². The number of carbonyl (C=O) groups excluding carboxylic acids is 1.